The second-order valence-corrected chi connectivity index (χ2v) is 6.58. The second-order valence-electron chi connectivity index (χ2n) is 5.22. The van der Waals surface area contributed by atoms with E-state index in [-0.39, 0.29) is 11.3 Å². The Morgan fingerprint density at radius 1 is 1.35 bits per heavy atom. The molecule has 0 aliphatic rings. The molecule has 4 heteroatoms. The van der Waals surface area contributed by atoms with Gasteiger partial charge < -0.3 is 5.32 Å². The van der Waals surface area contributed by atoms with E-state index in [4.69, 9.17) is 11.6 Å². The van der Waals surface area contributed by atoms with E-state index >= 15 is 0 Å². The van der Waals surface area contributed by atoms with Crippen molar-refractivity contribution in [3.05, 3.63) is 33.3 Å². The summed E-state index contributed by atoms with van der Waals surface area (Å²) < 4.78 is 0.811. The fourth-order valence-electron chi connectivity index (χ4n) is 1.34. The smallest absolute Gasteiger partial charge is 0.251 e. The molecule has 1 aromatic carbocycles. The van der Waals surface area contributed by atoms with E-state index in [2.05, 4.69) is 42.0 Å². The minimum absolute atomic E-state index is 0.0857. The first-order valence-corrected chi connectivity index (χ1v) is 6.69. The van der Waals surface area contributed by atoms with Crippen molar-refractivity contribution < 1.29 is 4.79 Å². The van der Waals surface area contributed by atoms with Crippen LogP contribution in [0.2, 0.25) is 5.02 Å². The predicted molar refractivity (Wildman–Crippen MR) is 75.6 cm³/mol. The van der Waals surface area contributed by atoms with Gasteiger partial charge in [0.2, 0.25) is 0 Å². The Labute approximate surface area is 116 Å². The van der Waals surface area contributed by atoms with E-state index in [0.29, 0.717) is 17.1 Å². The number of hydrogen-bond donors (Lipinski definition) is 1. The topological polar surface area (TPSA) is 29.1 Å². The number of carbonyl (C=O) groups excluding carboxylic acids is 1. The third kappa shape index (κ3) is 5.55. The molecule has 0 fully saturated rings. The highest BCUT2D eigenvalue weighted by atomic mass is 79.9. The van der Waals surface area contributed by atoms with Gasteiger partial charge in [-0.25, -0.2) is 0 Å². The van der Waals surface area contributed by atoms with Crippen LogP contribution in [0.4, 0.5) is 0 Å². The Hall–Kier alpha value is -0.540. The summed E-state index contributed by atoms with van der Waals surface area (Å²) in [6.45, 7) is 7.12. The van der Waals surface area contributed by atoms with Gasteiger partial charge in [-0.15, -0.1) is 0 Å². The predicted octanol–water partition coefficient (Wildman–Crippen LogP) is 4.27. The van der Waals surface area contributed by atoms with E-state index in [1.54, 1.807) is 18.2 Å². The van der Waals surface area contributed by atoms with Crippen LogP contribution in [0, 0.1) is 5.41 Å². The average Bonchev–Trinajstić information content (AvgIpc) is 2.13. The van der Waals surface area contributed by atoms with Crippen LogP contribution in [0.25, 0.3) is 0 Å². The Morgan fingerprint density at radius 2 is 2.00 bits per heavy atom. The highest BCUT2D eigenvalue weighted by Crippen LogP contribution is 2.20. The van der Waals surface area contributed by atoms with E-state index in [1.807, 2.05) is 0 Å². The molecule has 0 spiro atoms. The van der Waals surface area contributed by atoms with Gasteiger partial charge in [-0.2, -0.15) is 0 Å². The summed E-state index contributed by atoms with van der Waals surface area (Å²) in [4.78, 5) is 11.8. The highest BCUT2D eigenvalue weighted by molar-refractivity contribution is 9.10. The molecule has 0 radical (unpaired) electrons. The zero-order valence-corrected chi connectivity index (χ0v) is 12.7. The van der Waals surface area contributed by atoms with E-state index in [9.17, 15) is 4.79 Å². The van der Waals surface area contributed by atoms with Crippen LogP contribution in [0.3, 0.4) is 0 Å². The maximum absolute atomic E-state index is 11.8. The van der Waals surface area contributed by atoms with Crippen molar-refractivity contribution in [1.82, 2.24) is 5.32 Å². The molecule has 1 amide bonds. The minimum atomic E-state index is -0.0857. The Morgan fingerprint density at radius 3 is 2.53 bits per heavy atom. The van der Waals surface area contributed by atoms with E-state index < -0.39 is 0 Å². The second kappa shape index (κ2) is 5.87. The van der Waals surface area contributed by atoms with Crippen molar-refractivity contribution in [1.29, 1.82) is 0 Å². The van der Waals surface area contributed by atoms with Gasteiger partial charge in [0.25, 0.3) is 5.91 Å². The van der Waals surface area contributed by atoms with Gasteiger partial charge >= 0.3 is 0 Å². The maximum atomic E-state index is 11.8. The van der Waals surface area contributed by atoms with Crippen LogP contribution in [-0.4, -0.2) is 12.5 Å². The van der Waals surface area contributed by atoms with Gasteiger partial charge in [-0.3, -0.25) is 4.79 Å². The maximum Gasteiger partial charge on any atom is 0.251 e. The lowest BCUT2D eigenvalue weighted by Gasteiger charge is -2.18. The molecular formula is C13H17BrClNO. The Kier molecular flexibility index (Phi) is 5.02. The normalized spacial score (nSPS) is 11.4. The van der Waals surface area contributed by atoms with Gasteiger partial charge in [0.15, 0.2) is 0 Å². The molecule has 0 aliphatic carbocycles. The zero-order valence-electron chi connectivity index (χ0n) is 10.3. The van der Waals surface area contributed by atoms with E-state index in [1.165, 1.54) is 0 Å². The molecule has 1 rings (SSSR count). The van der Waals surface area contributed by atoms with Gasteiger partial charge in [0.05, 0.1) is 0 Å². The first-order valence-electron chi connectivity index (χ1n) is 5.52. The molecule has 94 valence electrons. The fourth-order valence-corrected chi connectivity index (χ4v) is 2.20. The average molecular weight is 319 g/mol. The Bertz CT molecular complexity index is 392. The van der Waals surface area contributed by atoms with Crippen LogP contribution in [0.15, 0.2) is 22.7 Å². The molecule has 17 heavy (non-hydrogen) atoms. The summed E-state index contributed by atoms with van der Waals surface area (Å²) in [5.41, 5.74) is 0.806. The lowest BCUT2D eigenvalue weighted by molar-refractivity contribution is 0.0949. The molecule has 1 aromatic rings. The first kappa shape index (κ1) is 14.5. The number of amides is 1. The number of carbonyl (C=O) groups is 1. The highest BCUT2D eigenvalue weighted by Gasteiger charge is 2.12. The monoisotopic (exact) mass is 317 g/mol. The summed E-state index contributed by atoms with van der Waals surface area (Å²) >= 11 is 9.21. The summed E-state index contributed by atoms with van der Waals surface area (Å²) in [6, 6.07) is 5.19. The van der Waals surface area contributed by atoms with Crippen LogP contribution >= 0.6 is 27.5 Å². The lowest BCUT2D eigenvalue weighted by Crippen LogP contribution is -2.27. The molecule has 2 nitrogen and oxygen atoms in total. The number of rotatable bonds is 3. The molecule has 0 atom stereocenters. The molecule has 0 heterocycles. The fraction of sp³-hybridized carbons (Fsp3) is 0.462. The van der Waals surface area contributed by atoms with Crippen LogP contribution in [0.5, 0.6) is 0 Å². The summed E-state index contributed by atoms with van der Waals surface area (Å²) in [5.74, 6) is -0.0857. The molecule has 0 bridgehead atoms. The van der Waals surface area contributed by atoms with Crippen LogP contribution in [0.1, 0.15) is 37.6 Å². The molecule has 0 aromatic heterocycles. The van der Waals surface area contributed by atoms with Crippen molar-refractivity contribution in [3.8, 4) is 0 Å². The van der Waals surface area contributed by atoms with Crippen molar-refractivity contribution in [3.63, 3.8) is 0 Å². The van der Waals surface area contributed by atoms with Crippen molar-refractivity contribution in [2.24, 2.45) is 5.41 Å². The van der Waals surface area contributed by atoms with Crippen molar-refractivity contribution in [2.45, 2.75) is 27.2 Å². The third-order valence-corrected chi connectivity index (χ3v) is 2.96. The molecule has 0 unspecified atom stereocenters. The van der Waals surface area contributed by atoms with Crippen LogP contribution < -0.4 is 5.32 Å². The van der Waals surface area contributed by atoms with Crippen LogP contribution in [-0.2, 0) is 0 Å². The molecule has 0 saturated heterocycles. The summed E-state index contributed by atoms with van der Waals surface area (Å²) in [6.07, 6.45) is 0.945. The zero-order chi connectivity index (χ0) is 13.1. The lowest BCUT2D eigenvalue weighted by atomic mass is 9.92. The molecular weight excluding hydrogens is 302 g/mol. The standard InChI is InChI=1S/C13H17BrClNO/c1-13(2,3)4-5-16-12(17)9-6-10(14)8-11(15)7-9/h6-8H,4-5H2,1-3H3,(H,16,17). The van der Waals surface area contributed by atoms with Crippen molar-refractivity contribution in [2.75, 3.05) is 6.54 Å². The minimum Gasteiger partial charge on any atom is -0.352 e. The molecule has 0 saturated carbocycles. The summed E-state index contributed by atoms with van der Waals surface area (Å²) in [5, 5.41) is 3.45. The van der Waals surface area contributed by atoms with Gasteiger partial charge in [0, 0.05) is 21.6 Å². The summed E-state index contributed by atoms with van der Waals surface area (Å²) in [7, 11) is 0. The quantitative estimate of drug-likeness (QED) is 0.886. The van der Waals surface area contributed by atoms with Gasteiger partial charge in [0.1, 0.15) is 0 Å². The number of nitrogens with one attached hydrogen (secondary N) is 1. The number of hydrogen-bond acceptors (Lipinski definition) is 1. The molecule has 1 N–H and O–H groups in total. The largest absolute Gasteiger partial charge is 0.352 e. The number of halogens is 2. The third-order valence-electron chi connectivity index (χ3n) is 2.29. The Balaban J connectivity index is 2.58. The first-order chi connectivity index (χ1) is 7.78. The number of benzene rings is 1. The van der Waals surface area contributed by atoms with Crippen molar-refractivity contribution >= 4 is 33.4 Å². The van der Waals surface area contributed by atoms with Gasteiger partial charge in [-0.05, 0) is 30.0 Å². The van der Waals surface area contributed by atoms with Gasteiger partial charge in [-0.1, -0.05) is 48.3 Å². The molecule has 0 aliphatic heterocycles. The van der Waals surface area contributed by atoms with E-state index in [0.717, 1.165) is 10.9 Å². The SMILES string of the molecule is CC(C)(C)CCNC(=O)c1cc(Cl)cc(Br)c1.